The van der Waals surface area contributed by atoms with E-state index in [0.29, 0.717) is 12.1 Å². The molecule has 0 spiro atoms. The fraction of sp³-hybridized carbons (Fsp3) is 0.333. The number of rotatable bonds is 5. The van der Waals surface area contributed by atoms with Crippen LogP contribution < -0.4 is 16.4 Å². The van der Waals surface area contributed by atoms with Crippen LogP contribution in [0, 0.1) is 17.7 Å². The number of nitrogens with two attached hydrogens (primary N) is 1. The van der Waals surface area contributed by atoms with Gasteiger partial charge in [-0.3, -0.25) is 9.59 Å². The minimum absolute atomic E-state index is 0.0794. The first-order valence-electron chi connectivity index (χ1n) is 6.61. The van der Waals surface area contributed by atoms with Gasteiger partial charge in [0.1, 0.15) is 5.82 Å². The number of carbonyl (C=O) groups is 2. The van der Waals surface area contributed by atoms with E-state index in [0.717, 1.165) is 0 Å². The number of hydrogen-bond donors (Lipinski definition) is 3. The summed E-state index contributed by atoms with van der Waals surface area (Å²) in [5, 5.41) is 5.10. The Bertz CT molecular complexity index is 576. The predicted octanol–water partition coefficient (Wildman–Crippen LogP) is 0.392. The molecule has 0 aliphatic heterocycles. The van der Waals surface area contributed by atoms with E-state index < -0.39 is 11.7 Å². The first-order valence-corrected chi connectivity index (χ1v) is 6.61. The Morgan fingerprint density at radius 3 is 2.71 bits per heavy atom. The zero-order valence-corrected chi connectivity index (χ0v) is 11.8. The number of carbonyl (C=O) groups excluding carboxylic acids is 2. The third kappa shape index (κ3) is 5.63. The Hall–Kier alpha value is -2.39. The van der Waals surface area contributed by atoms with Gasteiger partial charge in [-0.25, -0.2) is 4.39 Å². The summed E-state index contributed by atoms with van der Waals surface area (Å²) >= 11 is 0. The number of hydrogen-bond acceptors (Lipinski definition) is 3. The monoisotopic (exact) mass is 291 g/mol. The summed E-state index contributed by atoms with van der Waals surface area (Å²) in [6, 6.07) is 4.09. The molecule has 0 aliphatic rings. The highest BCUT2D eigenvalue weighted by Crippen LogP contribution is 2.09. The SMILES string of the molecule is CCNC(=O)CCNC(=O)c1ccc(C#CCN)cc1F. The van der Waals surface area contributed by atoms with Crippen molar-refractivity contribution in [2.45, 2.75) is 13.3 Å². The van der Waals surface area contributed by atoms with Crippen molar-refractivity contribution < 1.29 is 14.0 Å². The van der Waals surface area contributed by atoms with Gasteiger partial charge in [0.05, 0.1) is 12.1 Å². The van der Waals surface area contributed by atoms with E-state index in [1.165, 1.54) is 12.1 Å². The first kappa shape index (κ1) is 16.7. The summed E-state index contributed by atoms with van der Waals surface area (Å²) in [7, 11) is 0. The van der Waals surface area contributed by atoms with E-state index in [2.05, 4.69) is 22.5 Å². The smallest absolute Gasteiger partial charge is 0.254 e. The zero-order chi connectivity index (χ0) is 15.7. The summed E-state index contributed by atoms with van der Waals surface area (Å²) in [4.78, 5) is 23.0. The van der Waals surface area contributed by atoms with Crippen molar-refractivity contribution in [2.24, 2.45) is 5.73 Å². The maximum Gasteiger partial charge on any atom is 0.254 e. The molecule has 0 saturated carbocycles. The van der Waals surface area contributed by atoms with Crippen LogP contribution in [0.3, 0.4) is 0 Å². The van der Waals surface area contributed by atoms with Crippen molar-refractivity contribution >= 4 is 11.8 Å². The lowest BCUT2D eigenvalue weighted by atomic mass is 10.1. The summed E-state index contributed by atoms with van der Waals surface area (Å²) in [5.41, 5.74) is 5.61. The molecule has 21 heavy (non-hydrogen) atoms. The van der Waals surface area contributed by atoms with E-state index >= 15 is 0 Å². The average Bonchev–Trinajstić information content (AvgIpc) is 2.45. The van der Waals surface area contributed by atoms with Gasteiger partial charge < -0.3 is 16.4 Å². The molecule has 0 aromatic heterocycles. The summed E-state index contributed by atoms with van der Waals surface area (Å²) in [5.74, 6) is 3.91. The van der Waals surface area contributed by atoms with Crippen LogP contribution in [0.2, 0.25) is 0 Å². The molecule has 0 atom stereocenters. The largest absolute Gasteiger partial charge is 0.356 e. The van der Waals surface area contributed by atoms with E-state index in [9.17, 15) is 14.0 Å². The number of amides is 2. The minimum atomic E-state index is -0.658. The molecule has 0 fully saturated rings. The molecule has 1 aromatic carbocycles. The molecule has 112 valence electrons. The van der Waals surface area contributed by atoms with Gasteiger partial charge in [0.15, 0.2) is 0 Å². The quantitative estimate of drug-likeness (QED) is 0.686. The molecule has 5 nitrogen and oxygen atoms in total. The number of benzene rings is 1. The van der Waals surface area contributed by atoms with Gasteiger partial charge in [0, 0.05) is 25.1 Å². The van der Waals surface area contributed by atoms with E-state index in [-0.39, 0.29) is 31.0 Å². The Morgan fingerprint density at radius 2 is 2.10 bits per heavy atom. The van der Waals surface area contributed by atoms with Crippen molar-refractivity contribution in [2.75, 3.05) is 19.6 Å². The van der Waals surface area contributed by atoms with Gasteiger partial charge in [-0.2, -0.15) is 0 Å². The summed E-state index contributed by atoms with van der Waals surface area (Å²) in [6.45, 7) is 2.68. The lowest BCUT2D eigenvalue weighted by molar-refractivity contribution is -0.120. The standard InChI is InChI=1S/C15H18FN3O2/c1-2-18-14(20)7-9-19-15(21)12-6-5-11(4-3-8-17)10-13(12)16/h5-6,10H,2,7-9,17H2,1H3,(H,18,20)(H,19,21). The van der Waals surface area contributed by atoms with Crippen LogP contribution in [0.1, 0.15) is 29.3 Å². The molecule has 0 heterocycles. The Kier molecular flexibility index (Phi) is 6.92. The van der Waals surface area contributed by atoms with E-state index in [1.807, 2.05) is 0 Å². The highest BCUT2D eigenvalue weighted by Gasteiger charge is 2.11. The van der Waals surface area contributed by atoms with Crippen molar-refractivity contribution in [1.29, 1.82) is 0 Å². The van der Waals surface area contributed by atoms with Crippen LogP contribution in [0.5, 0.6) is 0 Å². The molecule has 1 aromatic rings. The lowest BCUT2D eigenvalue weighted by Gasteiger charge is -2.06. The van der Waals surface area contributed by atoms with Crippen molar-refractivity contribution in [3.8, 4) is 11.8 Å². The highest BCUT2D eigenvalue weighted by molar-refractivity contribution is 5.94. The van der Waals surface area contributed by atoms with Gasteiger partial charge in [-0.1, -0.05) is 11.8 Å². The van der Waals surface area contributed by atoms with E-state index in [1.54, 1.807) is 13.0 Å². The Balaban J connectivity index is 2.60. The maximum absolute atomic E-state index is 13.8. The number of halogens is 1. The van der Waals surface area contributed by atoms with Gasteiger partial charge in [0.2, 0.25) is 5.91 Å². The molecule has 0 bridgehead atoms. The van der Waals surface area contributed by atoms with Gasteiger partial charge in [-0.15, -0.1) is 0 Å². The summed E-state index contributed by atoms with van der Waals surface area (Å²) < 4.78 is 13.8. The fourth-order valence-corrected chi connectivity index (χ4v) is 1.60. The number of nitrogens with one attached hydrogen (secondary N) is 2. The van der Waals surface area contributed by atoms with Crippen LogP contribution in [0.25, 0.3) is 0 Å². The minimum Gasteiger partial charge on any atom is -0.356 e. The predicted molar refractivity (Wildman–Crippen MR) is 78.0 cm³/mol. The van der Waals surface area contributed by atoms with Crippen LogP contribution in [0.15, 0.2) is 18.2 Å². The molecule has 0 saturated heterocycles. The van der Waals surface area contributed by atoms with Crippen molar-refractivity contribution in [3.05, 3.63) is 35.1 Å². The second-order valence-electron chi connectivity index (χ2n) is 4.16. The summed E-state index contributed by atoms with van der Waals surface area (Å²) in [6.07, 6.45) is 0.154. The molecule has 0 aliphatic carbocycles. The van der Waals surface area contributed by atoms with Crippen LogP contribution in [-0.2, 0) is 4.79 Å². The van der Waals surface area contributed by atoms with Crippen molar-refractivity contribution in [1.82, 2.24) is 10.6 Å². The molecular weight excluding hydrogens is 273 g/mol. The fourth-order valence-electron chi connectivity index (χ4n) is 1.60. The second-order valence-corrected chi connectivity index (χ2v) is 4.16. The van der Waals surface area contributed by atoms with Crippen LogP contribution in [0.4, 0.5) is 4.39 Å². The molecule has 4 N–H and O–H groups in total. The molecule has 6 heteroatoms. The maximum atomic E-state index is 13.8. The van der Waals surface area contributed by atoms with Crippen molar-refractivity contribution in [3.63, 3.8) is 0 Å². The Labute approximate surface area is 123 Å². The normalized spacial score (nSPS) is 9.48. The second kappa shape index (κ2) is 8.72. The van der Waals surface area contributed by atoms with Gasteiger partial charge >= 0.3 is 0 Å². The molecular formula is C15H18FN3O2. The topological polar surface area (TPSA) is 84.2 Å². The van der Waals surface area contributed by atoms with Crippen LogP contribution >= 0.6 is 0 Å². The highest BCUT2D eigenvalue weighted by atomic mass is 19.1. The zero-order valence-electron chi connectivity index (χ0n) is 11.8. The van der Waals surface area contributed by atoms with Gasteiger partial charge in [-0.05, 0) is 25.1 Å². The molecule has 0 unspecified atom stereocenters. The lowest BCUT2D eigenvalue weighted by Crippen LogP contribution is -2.31. The van der Waals surface area contributed by atoms with Crippen LogP contribution in [-0.4, -0.2) is 31.4 Å². The third-order valence-corrected chi connectivity index (χ3v) is 2.56. The molecule has 0 radical (unpaired) electrons. The third-order valence-electron chi connectivity index (χ3n) is 2.56. The van der Waals surface area contributed by atoms with E-state index in [4.69, 9.17) is 5.73 Å². The average molecular weight is 291 g/mol. The van der Waals surface area contributed by atoms with Gasteiger partial charge in [0.25, 0.3) is 5.91 Å². The molecule has 1 rings (SSSR count). The molecule has 2 amide bonds. The Morgan fingerprint density at radius 1 is 1.33 bits per heavy atom. The first-order chi connectivity index (χ1) is 10.1.